The molecule has 0 fully saturated rings. The highest BCUT2D eigenvalue weighted by Crippen LogP contribution is 2.38. The average Bonchev–Trinajstić information content (AvgIpc) is 3.09. The average molecular weight is 439 g/mol. The van der Waals surface area contributed by atoms with Crippen molar-refractivity contribution in [2.75, 3.05) is 11.9 Å². The lowest BCUT2D eigenvalue weighted by Gasteiger charge is -2.15. The van der Waals surface area contributed by atoms with E-state index < -0.39 is 35.9 Å². The summed E-state index contributed by atoms with van der Waals surface area (Å²) in [6, 6.07) is 11.8. The number of carbonyl (C=O) groups is 2. The van der Waals surface area contributed by atoms with Crippen LogP contribution in [0.1, 0.15) is 21.7 Å². The highest BCUT2D eigenvalue weighted by molar-refractivity contribution is 6.34. The number of esters is 1. The molecule has 0 radical (unpaired) electrons. The highest BCUT2D eigenvalue weighted by atomic mass is 35.5. The second-order valence-corrected chi connectivity index (χ2v) is 6.52. The van der Waals surface area contributed by atoms with Gasteiger partial charge in [0, 0.05) is 5.56 Å². The van der Waals surface area contributed by atoms with Crippen LogP contribution in [0.5, 0.6) is 0 Å². The summed E-state index contributed by atoms with van der Waals surface area (Å²) in [5, 5.41) is 5.57. The van der Waals surface area contributed by atoms with Crippen molar-refractivity contribution >= 4 is 29.2 Å². The Morgan fingerprint density at radius 2 is 1.83 bits per heavy atom. The van der Waals surface area contributed by atoms with Gasteiger partial charge in [0.05, 0.1) is 16.3 Å². The van der Waals surface area contributed by atoms with Gasteiger partial charge in [-0.1, -0.05) is 53.2 Å². The molecule has 0 unspecified atom stereocenters. The summed E-state index contributed by atoms with van der Waals surface area (Å²) in [6.07, 6.45) is -4.73. The van der Waals surface area contributed by atoms with Crippen LogP contribution in [0.3, 0.4) is 0 Å². The molecule has 30 heavy (non-hydrogen) atoms. The first-order chi connectivity index (χ1) is 14.2. The minimum Gasteiger partial charge on any atom is -0.452 e. The molecule has 0 aliphatic heterocycles. The number of hydrogen-bond acceptors (Lipinski definition) is 5. The van der Waals surface area contributed by atoms with Gasteiger partial charge in [-0.2, -0.15) is 13.2 Å². The smallest absolute Gasteiger partial charge is 0.418 e. The minimum absolute atomic E-state index is 0.0164. The lowest BCUT2D eigenvalue weighted by molar-refractivity contribution is -0.137. The van der Waals surface area contributed by atoms with Gasteiger partial charge in [-0.15, -0.1) is 0 Å². The van der Waals surface area contributed by atoms with Crippen LogP contribution in [0, 0.1) is 6.92 Å². The fraction of sp³-hybridized carbons (Fsp3) is 0.150. The number of para-hydroxylation sites is 1. The Morgan fingerprint density at radius 3 is 2.50 bits per heavy atom. The van der Waals surface area contributed by atoms with Crippen LogP contribution in [0.25, 0.3) is 11.3 Å². The molecule has 2 aromatic carbocycles. The number of nitrogens with one attached hydrogen (secondary N) is 1. The standard InChI is InChI=1S/C20H14ClF3N2O4/c1-11-16(17(26-30-11)12-6-3-2-4-7-12)19(28)29-10-15(27)25-18-13(20(22,23)24)8-5-9-14(18)21/h2-9H,10H2,1H3,(H,25,27). The summed E-state index contributed by atoms with van der Waals surface area (Å²) in [6.45, 7) is 0.662. The molecule has 0 aliphatic rings. The van der Waals surface area contributed by atoms with Gasteiger partial charge in [0.1, 0.15) is 17.0 Å². The minimum atomic E-state index is -4.73. The first kappa shape index (κ1) is 21.4. The molecule has 0 saturated heterocycles. The summed E-state index contributed by atoms with van der Waals surface area (Å²) in [5.74, 6) is -1.72. The van der Waals surface area contributed by atoms with Crippen molar-refractivity contribution in [2.24, 2.45) is 0 Å². The number of hydrogen-bond donors (Lipinski definition) is 1. The van der Waals surface area contributed by atoms with Crippen molar-refractivity contribution in [1.29, 1.82) is 0 Å². The van der Waals surface area contributed by atoms with Crippen molar-refractivity contribution in [3.05, 3.63) is 70.4 Å². The molecule has 1 amide bonds. The Morgan fingerprint density at radius 1 is 1.13 bits per heavy atom. The maximum absolute atomic E-state index is 13.1. The summed E-state index contributed by atoms with van der Waals surface area (Å²) < 4.78 is 49.4. The van der Waals surface area contributed by atoms with Crippen molar-refractivity contribution in [2.45, 2.75) is 13.1 Å². The molecule has 0 saturated carbocycles. The maximum Gasteiger partial charge on any atom is 0.418 e. The fourth-order valence-corrected chi connectivity index (χ4v) is 2.89. The van der Waals surface area contributed by atoms with Crippen LogP contribution in [0.4, 0.5) is 18.9 Å². The molecule has 6 nitrogen and oxygen atoms in total. The molecule has 156 valence electrons. The van der Waals surface area contributed by atoms with Crippen LogP contribution in [-0.4, -0.2) is 23.6 Å². The first-order valence-electron chi connectivity index (χ1n) is 8.53. The molecule has 0 spiro atoms. The third-order valence-corrected chi connectivity index (χ3v) is 4.35. The number of amides is 1. The number of rotatable bonds is 5. The number of aromatic nitrogens is 1. The van der Waals surface area contributed by atoms with E-state index in [2.05, 4.69) is 5.16 Å². The van der Waals surface area contributed by atoms with Gasteiger partial charge in [0.25, 0.3) is 5.91 Å². The molecular formula is C20H14ClF3N2O4. The Kier molecular flexibility index (Phi) is 6.12. The number of benzene rings is 2. The summed E-state index contributed by atoms with van der Waals surface area (Å²) in [7, 11) is 0. The van der Waals surface area contributed by atoms with Crippen LogP contribution < -0.4 is 5.32 Å². The van der Waals surface area contributed by atoms with E-state index in [0.29, 0.717) is 5.56 Å². The third kappa shape index (κ3) is 4.62. The predicted molar refractivity (Wildman–Crippen MR) is 102 cm³/mol. The van der Waals surface area contributed by atoms with Crippen LogP contribution in [-0.2, 0) is 15.7 Å². The number of ether oxygens (including phenoxy) is 1. The molecular weight excluding hydrogens is 425 g/mol. The van der Waals surface area contributed by atoms with E-state index in [-0.39, 0.29) is 22.0 Å². The molecule has 10 heteroatoms. The van der Waals surface area contributed by atoms with Gasteiger partial charge in [-0.25, -0.2) is 4.79 Å². The van der Waals surface area contributed by atoms with Gasteiger partial charge in [-0.05, 0) is 19.1 Å². The Bertz CT molecular complexity index is 1080. The second-order valence-electron chi connectivity index (χ2n) is 6.11. The van der Waals surface area contributed by atoms with Crippen LogP contribution in [0.2, 0.25) is 5.02 Å². The zero-order valence-electron chi connectivity index (χ0n) is 15.4. The van der Waals surface area contributed by atoms with Crippen molar-refractivity contribution in [3.8, 4) is 11.3 Å². The van der Waals surface area contributed by atoms with Crippen molar-refractivity contribution < 1.29 is 32.0 Å². The lowest BCUT2D eigenvalue weighted by atomic mass is 10.1. The van der Waals surface area contributed by atoms with Crippen LogP contribution in [0.15, 0.2) is 53.1 Å². The SMILES string of the molecule is Cc1onc(-c2ccccc2)c1C(=O)OCC(=O)Nc1c(Cl)cccc1C(F)(F)F. The van der Waals surface area contributed by atoms with Gasteiger partial charge < -0.3 is 14.6 Å². The summed E-state index contributed by atoms with van der Waals surface area (Å²) in [4.78, 5) is 24.6. The molecule has 0 aliphatic carbocycles. The lowest BCUT2D eigenvalue weighted by Crippen LogP contribution is -2.23. The van der Waals surface area contributed by atoms with Crippen molar-refractivity contribution in [3.63, 3.8) is 0 Å². The molecule has 1 heterocycles. The number of aryl methyl sites for hydroxylation is 1. The predicted octanol–water partition coefficient (Wildman–Crippen LogP) is 5.12. The first-order valence-corrected chi connectivity index (χ1v) is 8.90. The number of anilines is 1. The zero-order valence-corrected chi connectivity index (χ0v) is 16.2. The van der Waals surface area contributed by atoms with Gasteiger partial charge >= 0.3 is 12.1 Å². The largest absolute Gasteiger partial charge is 0.452 e. The Balaban J connectivity index is 1.73. The highest BCUT2D eigenvalue weighted by Gasteiger charge is 2.35. The molecule has 0 atom stereocenters. The van der Waals surface area contributed by atoms with E-state index >= 15 is 0 Å². The number of alkyl halides is 3. The number of halogens is 4. The summed E-state index contributed by atoms with van der Waals surface area (Å²) >= 11 is 5.79. The number of nitrogens with zero attached hydrogens (tertiary/aromatic N) is 1. The molecule has 1 N–H and O–H groups in total. The van der Waals surface area contributed by atoms with Gasteiger partial charge in [0.2, 0.25) is 0 Å². The Hall–Kier alpha value is -3.33. The fourth-order valence-electron chi connectivity index (χ4n) is 2.67. The Labute approximate surface area is 173 Å². The van der Waals surface area contributed by atoms with E-state index in [1.807, 2.05) is 5.32 Å². The second kappa shape index (κ2) is 8.58. The number of carbonyl (C=O) groups excluding carboxylic acids is 2. The van der Waals surface area contributed by atoms with E-state index in [1.165, 1.54) is 13.0 Å². The molecule has 3 aromatic rings. The summed E-state index contributed by atoms with van der Waals surface area (Å²) in [5.41, 5.74) is -0.891. The normalized spacial score (nSPS) is 11.2. The molecule has 0 bridgehead atoms. The van der Waals surface area contributed by atoms with Crippen molar-refractivity contribution in [1.82, 2.24) is 5.16 Å². The third-order valence-electron chi connectivity index (χ3n) is 4.03. The molecule has 3 rings (SSSR count). The van der Waals surface area contributed by atoms with E-state index in [1.54, 1.807) is 30.3 Å². The topological polar surface area (TPSA) is 81.4 Å². The van der Waals surface area contributed by atoms with E-state index in [0.717, 1.165) is 12.1 Å². The van der Waals surface area contributed by atoms with Gasteiger partial charge in [0.15, 0.2) is 6.61 Å². The van der Waals surface area contributed by atoms with E-state index in [4.69, 9.17) is 20.9 Å². The maximum atomic E-state index is 13.1. The quantitative estimate of drug-likeness (QED) is 0.559. The van der Waals surface area contributed by atoms with Gasteiger partial charge in [-0.3, -0.25) is 4.79 Å². The van der Waals surface area contributed by atoms with Crippen LogP contribution >= 0.6 is 11.6 Å². The monoisotopic (exact) mass is 438 g/mol. The van der Waals surface area contributed by atoms with E-state index in [9.17, 15) is 22.8 Å². The molecule has 1 aromatic heterocycles. The zero-order chi connectivity index (χ0) is 21.9.